The highest BCUT2D eigenvalue weighted by Crippen LogP contribution is 2.29. The molecule has 0 saturated carbocycles. The van der Waals surface area contributed by atoms with Gasteiger partial charge >= 0.3 is 0 Å². The summed E-state index contributed by atoms with van der Waals surface area (Å²) in [6.45, 7) is 5.25. The fourth-order valence-electron chi connectivity index (χ4n) is 3.91. The van der Waals surface area contributed by atoms with Crippen molar-refractivity contribution in [3.05, 3.63) is 120 Å². The molecule has 1 aliphatic rings. The summed E-state index contributed by atoms with van der Waals surface area (Å²) in [6.07, 6.45) is 0.677. The summed E-state index contributed by atoms with van der Waals surface area (Å²) >= 11 is 0. The lowest BCUT2D eigenvalue weighted by molar-refractivity contribution is -0.142. The van der Waals surface area contributed by atoms with Crippen molar-refractivity contribution in [1.29, 1.82) is 0 Å². The van der Waals surface area contributed by atoms with E-state index in [-0.39, 0.29) is 11.9 Å². The van der Waals surface area contributed by atoms with E-state index in [0.717, 1.165) is 16.7 Å². The molecule has 1 heterocycles. The van der Waals surface area contributed by atoms with Gasteiger partial charge in [0.25, 0.3) is 5.91 Å². The largest absolute Gasteiger partial charge is 0.368 e. The van der Waals surface area contributed by atoms with Gasteiger partial charge in [-0.1, -0.05) is 97.1 Å². The molecule has 1 aliphatic heterocycles. The van der Waals surface area contributed by atoms with Gasteiger partial charge in [0, 0.05) is 6.54 Å². The Labute approximate surface area is 183 Å². The Balaban J connectivity index is 1.54. The SMILES string of the molecule is C=C[C@H]1[C@@H](OCc2ccccc2)[C@H](OCc2ccccc2)C(=O)N1Cc1ccccc1. The van der Waals surface area contributed by atoms with Gasteiger partial charge in [0.1, 0.15) is 6.10 Å². The fourth-order valence-corrected chi connectivity index (χ4v) is 3.91. The first-order valence-electron chi connectivity index (χ1n) is 10.5. The van der Waals surface area contributed by atoms with Crippen molar-refractivity contribution < 1.29 is 14.3 Å². The van der Waals surface area contributed by atoms with Crippen LogP contribution in [-0.2, 0) is 34.0 Å². The Hall–Kier alpha value is -3.21. The molecule has 0 radical (unpaired) electrons. The maximum atomic E-state index is 13.4. The van der Waals surface area contributed by atoms with E-state index in [0.29, 0.717) is 19.8 Å². The van der Waals surface area contributed by atoms with Gasteiger partial charge in [0.15, 0.2) is 6.10 Å². The number of carbonyl (C=O) groups is 1. The third-order valence-corrected chi connectivity index (χ3v) is 5.52. The quantitative estimate of drug-likeness (QED) is 0.475. The van der Waals surface area contributed by atoms with Crippen LogP contribution < -0.4 is 0 Å². The number of benzene rings is 3. The molecule has 0 aliphatic carbocycles. The molecule has 0 unspecified atom stereocenters. The van der Waals surface area contributed by atoms with Crippen LogP contribution in [0.15, 0.2) is 104 Å². The van der Waals surface area contributed by atoms with Gasteiger partial charge < -0.3 is 14.4 Å². The number of nitrogens with zero attached hydrogens (tertiary/aromatic N) is 1. The highest BCUT2D eigenvalue weighted by Gasteiger charge is 2.48. The predicted octanol–water partition coefficient (Wildman–Crippen LogP) is 4.75. The van der Waals surface area contributed by atoms with Gasteiger partial charge in [-0.25, -0.2) is 0 Å². The predicted molar refractivity (Wildman–Crippen MR) is 121 cm³/mol. The number of hydrogen-bond acceptors (Lipinski definition) is 3. The monoisotopic (exact) mass is 413 g/mol. The molecule has 3 atom stereocenters. The molecule has 31 heavy (non-hydrogen) atoms. The average Bonchev–Trinajstić information content (AvgIpc) is 3.08. The highest BCUT2D eigenvalue weighted by molar-refractivity contribution is 5.85. The molecule has 1 fully saturated rings. The van der Waals surface area contributed by atoms with Crippen molar-refractivity contribution >= 4 is 5.91 Å². The Bertz CT molecular complexity index is 975. The number of ether oxygens (including phenoxy) is 2. The maximum absolute atomic E-state index is 13.4. The zero-order valence-corrected chi connectivity index (χ0v) is 17.5. The third-order valence-electron chi connectivity index (χ3n) is 5.52. The second kappa shape index (κ2) is 10.2. The van der Waals surface area contributed by atoms with Crippen molar-refractivity contribution in [3.63, 3.8) is 0 Å². The van der Waals surface area contributed by atoms with Crippen molar-refractivity contribution in [3.8, 4) is 0 Å². The lowest BCUT2D eigenvalue weighted by atomic mass is 10.1. The molecule has 3 aromatic rings. The van der Waals surface area contributed by atoms with Crippen molar-refractivity contribution in [2.45, 2.75) is 38.0 Å². The molecule has 4 rings (SSSR count). The Kier molecular flexibility index (Phi) is 6.92. The van der Waals surface area contributed by atoms with E-state index in [9.17, 15) is 4.79 Å². The van der Waals surface area contributed by atoms with Crippen LogP contribution in [0.3, 0.4) is 0 Å². The van der Waals surface area contributed by atoms with E-state index in [1.54, 1.807) is 6.08 Å². The minimum Gasteiger partial charge on any atom is -0.368 e. The first kappa shape index (κ1) is 21.0. The summed E-state index contributed by atoms with van der Waals surface area (Å²) in [5.41, 5.74) is 3.14. The summed E-state index contributed by atoms with van der Waals surface area (Å²) in [6, 6.07) is 29.5. The molecule has 4 nitrogen and oxygen atoms in total. The second-order valence-electron chi connectivity index (χ2n) is 7.66. The van der Waals surface area contributed by atoms with E-state index in [4.69, 9.17) is 9.47 Å². The summed E-state index contributed by atoms with van der Waals surface area (Å²) in [7, 11) is 0. The fraction of sp³-hybridized carbons (Fsp3) is 0.222. The van der Waals surface area contributed by atoms with Crippen LogP contribution in [0.2, 0.25) is 0 Å². The van der Waals surface area contributed by atoms with Crippen LogP contribution in [-0.4, -0.2) is 29.1 Å². The second-order valence-corrected chi connectivity index (χ2v) is 7.66. The number of amides is 1. The molecule has 0 aromatic heterocycles. The first-order chi connectivity index (χ1) is 15.3. The van der Waals surface area contributed by atoms with Gasteiger partial charge in [0.2, 0.25) is 0 Å². The zero-order chi connectivity index (χ0) is 21.5. The van der Waals surface area contributed by atoms with E-state index in [1.807, 2.05) is 95.9 Å². The molecule has 0 N–H and O–H groups in total. The average molecular weight is 414 g/mol. The van der Waals surface area contributed by atoms with Gasteiger partial charge in [-0.05, 0) is 16.7 Å². The summed E-state index contributed by atoms with van der Waals surface area (Å²) in [5.74, 6) is -0.0669. The number of hydrogen-bond donors (Lipinski definition) is 0. The van der Waals surface area contributed by atoms with Crippen LogP contribution in [0.4, 0.5) is 0 Å². The molecule has 1 saturated heterocycles. The standard InChI is InChI=1S/C27H27NO3/c1-2-24-25(30-19-22-14-8-4-9-15-22)26(31-20-23-16-10-5-11-17-23)27(29)28(24)18-21-12-6-3-7-13-21/h2-17,24-26H,1,18-20H2/t24-,25+,26-/m0/s1. The number of rotatable bonds is 9. The summed E-state index contributed by atoms with van der Waals surface area (Å²) < 4.78 is 12.4. The van der Waals surface area contributed by atoms with E-state index >= 15 is 0 Å². The lowest BCUT2D eigenvalue weighted by Gasteiger charge is -2.25. The molecule has 4 heteroatoms. The van der Waals surface area contributed by atoms with Crippen LogP contribution in [0, 0.1) is 0 Å². The molecular weight excluding hydrogens is 386 g/mol. The van der Waals surface area contributed by atoms with Gasteiger partial charge in [-0.15, -0.1) is 6.58 Å². The summed E-state index contributed by atoms with van der Waals surface area (Å²) in [4.78, 5) is 15.2. The van der Waals surface area contributed by atoms with Gasteiger partial charge in [0.05, 0.1) is 19.3 Å². The minimum absolute atomic E-state index is 0.0669. The van der Waals surface area contributed by atoms with Crippen LogP contribution in [0.5, 0.6) is 0 Å². The van der Waals surface area contributed by atoms with E-state index < -0.39 is 12.2 Å². The summed E-state index contributed by atoms with van der Waals surface area (Å²) in [5, 5.41) is 0. The van der Waals surface area contributed by atoms with E-state index in [2.05, 4.69) is 6.58 Å². The van der Waals surface area contributed by atoms with Gasteiger partial charge in [-0.3, -0.25) is 4.79 Å². The maximum Gasteiger partial charge on any atom is 0.255 e. The highest BCUT2D eigenvalue weighted by atomic mass is 16.5. The molecule has 3 aromatic carbocycles. The van der Waals surface area contributed by atoms with Crippen LogP contribution in [0.1, 0.15) is 16.7 Å². The number of likely N-dealkylation sites (tertiary alicyclic amines) is 1. The van der Waals surface area contributed by atoms with Crippen LogP contribution >= 0.6 is 0 Å². The molecular formula is C27H27NO3. The van der Waals surface area contributed by atoms with Gasteiger partial charge in [-0.2, -0.15) is 0 Å². The van der Waals surface area contributed by atoms with Crippen molar-refractivity contribution in [1.82, 2.24) is 4.90 Å². The first-order valence-corrected chi connectivity index (χ1v) is 10.5. The lowest BCUT2D eigenvalue weighted by Crippen LogP contribution is -2.36. The van der Waals surface area contributed by atoms with Crippen molar-refractivity contribution in [2.75, 3.05) is 0 Å². The molecule has 0 spiro atoms. The smallest absolute Gasteiger partial charge is 0.255 e. The number of carbonyl (C=O) groups excluding carboxylic acids is 1. The van der Waals surface area contributed by atoms with Crippen molar-refractivity contribution in [2.24, 2.45) is 0 Å². The minimum atomic E-state index is -0.685. The molecule has 0 bridgehead atoms. The third kappa shape index (κ3) is 5.10. The Morgan fingerprint density at radius 3 is 1.74 bits per heavy atom. The Morgan fingerprint density at radius 2 is 1.23 bits per heavy atom. The molecule has 158 valence electrons. The van der Waals surface area contributed by atoms with E-state index in [1.165, 1.54) is 0 Å². The zero-order valence-electron chi connectivity index (χ0n) is 17.5. The Morgan fingerprint density at radius 1 is 0.742 bits per heavy atom. The molecule has 1 amide bonds. The van der Waals surface area contributed by atoms with Crippen LogP contribution in [0.25, 0.3) is 0 Å². The topological polar surface area (TPSA) is 38.8 Å². The normalized spacial score (nSPS) is 20.7.